The molecule has 0 aromatic heterocycles. The summed E-state index contributed by atoms with van der Waals surface area (Å²) in [5, 5.41) is 14.5. The molecule has 0 saturated carbocycles. The van der Waals surface area contributed by atoms with Crippen LogP contribution in [-0.4, -0.2) is 35.6 Å². The second-order valence-electron chi connectivity index (χ2n) is 6.28. The summed E-state index contributed by atoms with van der Waals surface area (Å²) in [7, 11) is 2.08. The predicted molar refractivity (Wildman–Crippen MR) is 96.9 cm³/mol. The number of nitrogens with zero attached hydrogens (tertiary/aromatic N) is 1. The number of carboxylic acids is 1. The van der Waals surface area contributed by atoms with E-state index in [1.807, 2.05) is 12.1 Å². The molecule has 1 heterocycles. The minimum atomic E-state index is -0.937. The number of rotatable bonds is 4. The molecule has 0 radical (unpaired) electrons. The lowest BCUT2D eigenvalue weighted by molar-refractivity contribution is -0.136. The van der Waals surface area contributed by atoms with Gasteiger partial charge in [0.15, 0.2) is 0 Å². The Kier molecular flexibility index (Phi) is 5.00. The van der Waals surface area contributed by atoms with Gasteiger partial charge in [-0.05, 0) is 48.4 Å². The highest BCUT2D eigenvalue weighted by molar-refractivity contribution is 6.00. The van der Waals surface area contributed by atoms with E-state index in [-0.39, 0.29) is 12.5 Å². The number of amides is 2. The average molecular weight is 339 g/mol. The maximum atomic E-state index is 12.3. The zero-order valence-corrected chi connectivity index (χ0v) is 14.1. The number of likely N-dealkylation sites (N-methyl/N-ethyl adjacent to an activating group) is 1. The molecule has 0 aliphatic carbocycles. The molecule has 6 heteroatoms. The minimum absolute atomic E-state index is 0.137. The van der Waals surface area contributed by atoms with Crippen molar-refractivity contribution in [1.82, 2.24) is 4.90 Å². The molecule has 3 rings (SSSR count). The first-order valence-electron chi connectivity index (χ1n) is 8.19. The van der Waals surface area contributed by atoms with Crippen molar-refractivity contribution in [1.29, 1.82) is 0 Å². The predicted octanol–water partition coefficient (Wildman–Crippen LogP) is 2.95. The Balaban J connectivity index is 1.69. The van der Waals surface area contributed by atoms with Crippen LogP contribution in [0.25, 0.3) is 0 Å². The Hall–Kier alpha value is -2.86. The van der Waals surface area contributed by atoms with E-state index in [1.54, 1.807) is 24.3 Å². The molecule has 2 amide bonds. The van der Waals surface area contributed by atoms with Crippen molar-refractivity contribution in [3.8, 4) is 0 Å². The van der Waals surface area contributed by atoms with Gasteiger partial charge in [0.1, 0.15) is 0 Å². The summed E-state index contributed by atoms with van der Waals surface area (Å²) in [5.74, 6) is -0.937. The van der Waals surface area contributed by atoms with Gasteiger partial charge in [-0.15, -0.1) is 0 Å². The van der Waals surface area contributed by atoms with Gasteiger partial charge >= 0.3 is 12.0 Å². The van der Waals surface area contributed by atoms with Crippen LogP contribution in [0.5, 0.6) is 0 Å². The third kappa shape index (κ3) is 4.36. The highest BCUT2D eigenvalue weighted by Gasteiger charge is 2.14. The third-order valence-corrected chi connectivity index (χ3v) is 4.27. The summed E-state index contributed by atoms with van der Waals surface area (Å²) in [6, 6.07) is 12.5. The molecule has 6 nitrogen and oxygen atoms in total. The van der Waals surface area contributed by atoms with Crippen LogP contribution in [0.4, 0.5) is 16.2 Å². The van der Waals surface area contributed by atoms with Gasteiger partial charge in [-0.25, -0.2) is 4.79 Å². The van der Waals surface area contributed by atoms with Crippen molar-refractivity contribution in [2.75, 3.05) is 24.2 Å². The molecule has 0 unspecified atom stereocenters. The van der Waals surface area contributed by atoms with Gasteiger partial charge in [0.25, 0.3) is 0 Å². The van der Waals surface area contributed by atoms with E-state index in [4.69, 9.17) is 5.11 Å². The number of carboxylic acid groups (broad SMARTS) is 1. The normalized spacial score (nSPS) is 13.8. The summed E-state index contributed by atoms with van der Waals surface area (Å²) < 4.78 is 0. The fourth-order valence-corrected chi connectivity index (χ4v) is 3.02. The zero-order valence-electron chi connectivity index (χ0n) is 14.1. The Morgan fingerprint density at radius 2 is 1.92 bits per heavy atom. The molecule has 0 saturated heterocycles. The van der Waals surface area contributed by atoms with Gasteiger partial charge in [0.2, 0.25) is 0 Å². The van der Waals surface area contributed by atoms with E-state index in [2.05, 4.69) is 28.6 Å². The number of para-hydroxylation sites is 1. The van der Waals surface area contributed by atoms with Crippen molar-refractivity contribution in [2.24, 2.45) is 0 Å². The Morgan fingerprint density at radius 1 is 1.12 bits per heavy atom. The number of carbonyl (C=O) groups excluding carboxylic acids is 1. The lowest BCUT2D eigenvalue weighted by Crippen LogP contribution is -2.27. The third-order valence-electron chi connectivity index (χ3n) is 4.27. The SMILES string of the molecule is CN1CCc2ccc(NC(=O)Nc3ccccc3CC(=O)O)cc2C1. The topological polar surface area (TPSA) is 81.7 Å². The molecule has 0 fully saturated rings. The Labute approximate surface area is 146 Å². The van der Waals surface area contributed by atoms with E-state index in [0.717, 1.165) is 25.2 Å². The largest absolute Gasteiger partial charge is 0.481 e. The smallest absolute Gasteiger partial charge is 0.323 e. The van der Waals surface area contributed by atoms with Crippen molar-refractivity contribution >= 4 is 23.4 Å². The van der Waals surface area contributed by atoms with Crippen LogP contribution in [0.15, 0.2) is 42.5 Å². The molecule has 1 aliphatic heterocycles. The van der Waals surface area contributed by atoms with E-state index < -0.39 is 5.97 Å². The fourth-order valence-electron chi connectivity index (χ4n) is 3.02. The van der Waals surface area contributed by atoms with Gasteiger partial charge < -0.3 is 20.6 Å². The molecule has 0 atom stereocenters. The monoisotopic (exact) mass is 339 g/mol. The molecule has 25 heavy (non-hydrogen) atoms. The van der Waals surface area contributed by atoms with Crippen LogP contribution in [-0.2, 0) is 24.2 Å². The summed E-state index contributed by atoms with van der Waals surface area (Å²) >= 11 is 0. The maximum Gasteiger partial charge on any atom is 0.323 e. The van der Waals surface area contributed by atoms with Crippen LogP contribution >= 0.6 is 0 Å². The van der Waals surface area contributed by atoms with Crippen molar-refractivity contribution in [3.63, 3.8) is 0 Å². The zero-order chi connectivity index (χ0) is 17.8. The minimum Gasteiger partial charge on any atom is -0.481 e. The van der Waals surface area contributed by atoms with Crippen LogP contribution in [0, 0.1) is 0 Å². The van der Waals surface area contributed by atoms with Crippen LogP contribution in [0.3, 0.4) is 0 Å². The number of hydrogen-bond acceptors (Lipinski definition) is 3. The van der Waals surface area contributed by atoms with Crippen molar-refractivity contribution < 1.29 is 14.7 Å². The number of carbonyl (C=O) groups is 2. The second kappa shape index (κ2) is 7.36. The number of nitrogens with one attached hydrogen (secondary N) is 2. The maximum absolute atomic E-state index is 12.3. The van der Waals surface area contributed by atoms with E-state index in [1.165, 1.54) is 11.1 Å². The van der Waals surface area contributed by atoms with Crippen LogP contribution < -0.4 is 10.6 Å². The summed E-state index contributed by atoms with van der Waals surface area (Å²) in [5.41, 5.74) is 4.33. The lowest BCUT2D eigenvalue weighted by atomic mass is 9.99. The summed E-state index contributed by atoms with van der Waals surface area (Å²) in [4.78, 5) is 25.4. The van der Waals surface area contributed by atoms with E-state index in [0.29, 0.717) is 11.3 Å². The molecule has 130 valence electrons. The van der Waals surface area contributed by atoms with Crippen molar-refractivity contribution in [3.05, 3.63) is 59.2 Å². The number of benzene rings is 2. The number of urea groups is 1. The van der Waals surface area contributed by atoms with Gasteiger partial charge in [0.05, 0.1) is 6.42 Å². The van der Waals surface area contributed by atoms with Gasteiger partial charge in [-0.3, -0.25) is 4.79 Å². The fraction of sp³-hybridized carbons (Fsp3) is 0.263. The quantitative estimate of drug-likeness (QED) is 0.800. The number of aliphatic carboxylic acids is 1. The average Bonchev–Trinajstić information content (AvgIpc) is 2.56. The van der Waals surface area contributed by atoms with Gasteiger partial charge in [-0.1, -0.05) is 24.3 Å². The standard InChI is InChI=1S/C19H21N3O3/c1-22-9-8-13-6-7-16(10-15(13)12-22)20-19(25)21-17-5-3-2-4-14(17)11-18(23)24/h2-7,10H,8-9,11-12H2,1H3,(H,23,24)(H2,20,21,25). The summed E-state index contributed by atoms with van der Waals surface area (Å²) in [6.45, 7) is 1.91. The molecule has 2 aromatic carbocycles. The lowest BCUT2D eigenvalue weighted by Gasteiger charge is -2.25. The molecular weight excluding hydrogens is 318 g/mol. The highest BCUT2D eigenvalue weighted by Crippen LogP contribution is 2.22. The van der Waals surface area contributed by atoms with Gasteiger partial charge in [-0.2, -0.15) is 0 Å². The first-order chi connectivity index (χ1) is 12.0. The number of anilines is 2. The Bertz CT molecular complexity index is 804. The van der Waals surface area contributed by atoms with Crippen molar-refractivity contribution in [2.45, 2.75) is 19.4 Å². The first-order valence-corrected chi connectivity index (χ1v) is 8.19. The number of hydrogen-bond donors (Lipinski definition) is 3. The molecular formula is C19H21N3O3. The second-order valence-corrected chi connectivity index (χ2v) is 6.28. The Morgan fingerprint density at radius 3 is 2.72 bits per heavy atom. The first kappa shape index (κ1) is 17.0. The van der Waals surface area contributed by atoms with E-state index in [9.17, 15) is 9.59 Å². The van der Waals surface area contributed by atoms with E-state index >= 15 is 0 Å². The number of fused-ring (bicyclic) bond motifs is 1. The molecule has 1 aliphatic rings. The molecule has 3 N–H and O–H groups in total. The van der Waals surface area contributed by atoms with Crippen LogP contribution in [0.2, 0.25) is 0 Å². The molecule has 2 aromatic rings. The van der Waals surface area contributed by atoms with Gasteiger partial charge in [0, 0.05) is 24.5 Å². The van der Waals surface area contributed by atoms with Crippen LogP contribution in [0.1, 0.15) is 16.7 Å². The molecule has 0 spiro atoms. The highest BCUT2D eigenvalue weighted by atomic mass is 16.4. The molecule has 0 bridgehead atoms. The summed E-state index contributed by atoms with van der Waals surface area (Å²) in [6.07, 6.45) is 0.877.